The highest BCUT2D eigenvalue weighted by Crippen LogP contribution is 2.27. The fourth-order valence-electron chi connectivity index (χ4n) is 3.38. The van der Waals surface area contributed by atoms with Crippen molar-refractivity contribution < 1.29 is 9.59 Å². The summed E-state index contributed by atoms with van der Waals surface area (Å²) in [5.41, 5.74) is 4.82. The van der Waals surface area contributed by atoms with Gasteiger partial charge in [0.15, 0.2) is 0 Å². The SMILES string of the molecule is Cc1ccccc1C(=O)N1CCN(c2cccc(C)c2C)C(=O)[C@H]1C. The molecule has 0 N–H and O–H groups in total. The van der Waals surface area contributed by atoms with Crippen molar-refractivity contribution in [3.05, 3.63) is 64.7 Å². The van der Waals surface area contributed by atoms with E-state index in [0.29, 0.717) is 18.7 Å². The van der Waals surface area contributed by atoms with E-state index in [-0.39, 0.29) is 11.8 Å². The van der Waals surface area contributed by atoms with E-state index >= 15 is 0 Å². The van der Waals surface area contributed by atoms with Gasteiger partial charge in [0.1, 0.15) is 6.04 Å². The molecule has 25 heavy (non-hydrogen) atoms. The Hall–Kier alpha value is -2.62. The summed E-state index contributed by atoms with van der Waals surface area (Å²) in [6.45, 7) is 8.87. The van der Waals surface area contributed by atoms with Gasteiger partial charge in [0.05, 0.1) is 0 Å². The summed E-state index contributed by atoms with van der Waals surface area (Å²) in [5.74, 6) is -0.0959. The minimum absolute atomic E-state index is 0.0260. The number of hydrogen-bond acceptors (Lipinski definition) is 2. The predicted octanol–water partition coefficient (Wildman–Crippen LogP) is 3.49. The number of carbonyl (C=O) groups is 2. The highest BCUT2D eigenvalue weighted by molar-refractivity contribution is 6.04. The van der Waals surface area contributed by atoms with E-state index in [9.17, 15) is 9.59 Å². The molecule has 1 fully saturated rings. The summed E-state index contributed by atoms with van der Waals surface area (Å²) < 4.78 is 0. The molecule has 2 amide bonds. The van der Waals surface area contributed by atoms with Crippen LogP contribution >= 0.6 is 0 Å². The van der Waals surface area contributed by atoms with Crippen LogP contribution in [0.2, 0.25) is 0 Å². The number of anilines is 1. The van der Waals surface area contributed by atoms with Gasteiger partial charge in [-0.05, 0) is 56.5 Å². The number of nitrogens with zero attached hydrogens (tertiary/aromatic N) is 2. The standard InChI is InChI=1S/C21H24N2O2/c1-14-9-7-11-19(16(14)3)23-13-12-22(17(4)20(23)24)21(25)18-10-6-5-8-15(18)2/h5-11,17H,12-13H2,1-4H3/t17-/m1/s1. The molecule has 1 atom stereocenters. The first-order valence-electron chi connectivity index (χ1n) is 8.66. The van der Waals surface area contributed by atoms with Crippen LogP contribution in [0.4, 0.5) is 5.69 Å². The number of benzene rings is 2. The van der Waals surface area contributed by atoms with Crippen LogP contribution in [0.5, 0.6) is 0 Å². The third kappa shape index (κ3) is 3.04. The minimum atomic E-state index is -0.472. The van der Waals surface area contributed by atoms with E-state index in [4.69, 9.17) is 0 Å². The van der Waals surface area contributed by atoms with Gasteiger partial charge in [-0.1, -0.05) is 30.3 Å². The first-order chi connectivity index (χ1) is 11.9. The lowest BCUT2D eigenvalue weighted by Crippen LogP contribution is -2.58. The molecule has 130 valence electrons. The molecule has 1 saturated heterocycles. The van der Waals surface area contributed by atoms with Crippen molar-refractivity contribution in [2.75, 3.05) is 18.0 Å². The van der Waals surface area contributed by atoms with E-state index < -0.39 is 6.04 Å². The third-order valence-electron chi connectivity index (χ3n) is 5.16. The molecule has 4 heteroatoms. The van der Waals surface area contributed by atoms with Crippen molar-refractivity contribution in [2.24, 2.45) is 0 Å². The summed E-state index contributed by atoms with van der Waals surface area (Å²) in [7, 11) is 0. The average molecular weight is 336 g/mol. The Morgan fingerprint density at radius 2 is 1.64 bits per heavy atom. The quantitative estimate of drug-likeness (QED) is 0.842. The van der Waals surface area contributed by atoms with Crippen molar-refractivity contribution in [3.8, 4) is 0 Å². The molecule has 0 bridgehead atoms. The van der Waals surface area contributed by atoms with Gasteiger partial charge in [-0.25, -0.2) is 0 Å². The van der Waals surface area contributed by atoms with Crippen LogP contribution < -0.4 is 4.90 Å². The molecule has 0 spiro atoms. The van der Waals surface area contributed by atoms with Crippen molar-refractivity contribution in [3.63, 3.8) is 0 Å². The lowest BCUT2D eigenvalue weighted by molar-refractivity contribution is -0.124. The normalized spacial score (nSPS) is 17.8. The van der Waals surface area contributed by atoms with Gasteiger partial charge >= 0.3 is 0 Å². The molecule has 0 radical (unpaired) electrons. The largest absolute Gasteiger partial charge is 0.325 e. The number of aryl methyl sites for hydroxylation is 2. The minimum Gasteiger partial charge on any atom is -0.325 e. The van der Waals surface area contributed by atoms with Crippen molar-refractivity contribution in [1.82, 2.24) is 4.90 Å². The molecule has 3 rings (SSSR count). The molecule has 4 nitrogen and oxygen atoms in total. The Morgan fingerprint density at radius 1 is 0.960 bits per heavy atom. The molecule has 0 saturated carbocycles. The summed E-state index contributed by atoms with van der Waals surface area (Å²) in [5, 5.41) is 0. The summed E-state index contributed by atoms with van der Waals surface area (Å²) in [4.78, 5) is 29.3. The van der Waals surface area contributed by atoms with Crippen LogP contribution in [-0.2, 0) is 4.79 Å². The number of carbonyl (C=O) groups excluding carboxylic acids is 2. The van der Waals surface area contributed by atoms with Gasteiger partial charge in [-0.3, -0.25) is 9.59 Å². The molecule has 1 aliphatic rings. The van der Waals surface area contributed by atoms with E-state index in [1.54, 1.807) is 4.90 Å². The number of amides is 2. The van der Waals surface area contributed by atoms with Gasteiger partial charge < -0.3 is 9.80 Å². The zero-order chi connectivity index (χ0) is 18.1. The second kappa shape index (κ2) is 6.71. The maximum Gasteiger partial charge on any atom is 0.254 e. The second-order valence-electron chi connectivity index (χ2n) is 6.70. The van der Waals surface area contributed by atoms with Crippen LogP contribution in [0.1, 0.15) is 34.0 Å². The second-order valence-corrected chi connectivity index (χ2v) is 6.70. The summed E-state index contributed by atoms with van der Waals surface area (Å²) in [6.07, 6.45) is 0. The lowest BCUT2D eigenvalue weighted by Gasteiger charge is -2.40. The molecule has 2 aromatic carbocycles. The van der Waals surface area contributed by atoms with E-state index in [1.165, 1.54) is 0 Å². The summed E-state index contributed by atoms with van der Waals surface area (Å²) in [6, 6.07) is 13.0. The molecule has 1 aliphatic heterocycles. The highest BCUT2D eigenvalue weighted by atomic mass is 16.2. The van der Waals surface area contributed by atoms with Crippen LogP contribution in [0, 0.1) is 20.8 Å². The van der Waals surface area contributed by atoms with Crippen LogP contribution in [0.25, 0.3) is 0 Å². The first-order valence-corrected chi connectivity index (χ1v) is 8.66. The molecule has 2 aromatic rings. The Kier molecular flexibility index (Phi) is 4.62. The summed E-state index contributed by atoms with van der Waals surface area (Å²) >= 11 is 0. The fraction of sp³-hybridized carbons (Fsp3) is 0.333. The zero-order valence-corrected chi connectivity index (χ0v) is 15.2. The third-order valence-corrected chi connectivity index (χ3v) is 5.16. The number of hydrogen-bond donors (Lipinski definition) is 0. The Labute approximate surface area is 149 Å². The number of rotatable bonds is 2. The van der Waals surface area contributed by atoms with Crippen molar-refractivity contribution in [1.29, 1.82) is 0 Å². The van der Waals surface area contributed by atoms with Gasteiger partial charge in [-0.2, -0.15) is 0 Å². The highest BCUT2D eigenvalue weighted by Gasteiger charge is 2.36. The number of piperazine rings is 1. The maximum absolute atomic E-state index is 13.0. The van der Waals surface area contributed by atoms with Crippen molar-refractivity contribution in [2.45, 2.75) is 33.7 Å². The van der Waals surface area contributed by atoms with Crippen molar-refractivity contribution >= 4 is 17.5 Å². The van der Waals surface area contributed by atoms with E-state index in [1.807, 2.05) is 75.1 Å². The zero-order valence-electron chi connectivity index (χ0n) is 15.2. The molecular formula is C21H24N2O2. The Bertz CT molecular complexity index is 828. The topological polar surface area (TPSA) is 40.6 Å². The van der Waals surface area contributed by atoms with Crippen LogP contribution in [-0.4, -0.2) is 35.8 Å². The monoisotopic (exact) mass is 336 g/mol. The van der Waals surface area contributed by atoms with Gasteiger partial charge in [0.2, 0.25) is 5.91 Å². The fourth-order valence-corrected chi connectivity index (χ4v) is 3.38. The Morgan fingerprint density at radius 3 is 2.36 bits per heavy atom. The van der Waals surface area contributed by atoms with Crippen LogP contribution in [0.3, 0.4) is 0 Å². The van der Waals surface area contributed by atoms with Gasteiger partial charge in [0, 0.05) is 24.3 Å². The van der Waals surface area contributed by atoms with E-state index in [0.717, 1.165) is 22.4 Å². The van der Waals surface area contributed by atoms with Crippen LogP contribution in [0.15, 0.2) is 42.5 Å². The van der Waals surface area contributed by atoms with E-state index in [2.05, 4.69) is 0 Å². The molecule has 1 heterocycles. The first kappa shape index (κ1) is 17.2. The Balaban J connectivity index is 1.86. The molecule has 0 aromatic heterocycles. The smallest absolute Gasteiger partial charge is 0.254 e. The lowest BCUT2D eigenvalue weighted by atomic mass is 10.0. The average Bonchev–Trinajstić information content (AvgIpc) is 2.60. The molecule has 0 unspecified atom stereocenters. The maximum atomic E-state index is 13.0. The predicted molar refractivity (Wildman–Crippen MR) is 99.9 cm³/mol. The molecule has 0 aliphatic carbocycles. The molecular weight excluding hydrogens is 312 g/mol. The van der Waals surface area contributed by atoms with Gasteiger partial charge in [-0.15, -0.1) is 0 Å². The van der Waals surface area contributed by atoms with Gasteiger partial charge in [0.25, 0.3) is 5.91 Å².